The summed E-state index contributed by atoms with van der Waals surface area (Å²) in [6.45, 7) is 6.11. The number of hydrogen-bond donors (Lipinski definition) is 1. The van der Waals surface area contributed by atoms with Gasteiger partial charge >= 0.3 is 0 Å². The van der Waals surface area contributed by atoms with Crippen molar-refractivity contribution in [3.63, 3.8) is 0 Å². The highest BCUT2D eigenvalue weighted by molar-refractivity contribution is 6.04. The van der Waals surface area contributed by atoms with Crippen molar-refractivity contribution in [2.24, 2.45) is 0 Å². The number of benzene rings is 2. The average molecular weight is 376 g/mol. The largest absolute Gasteiger partial charge is 0.306 e. The fourth-order valence-corrected chi connectivity index (χ4v) is 3.51. The molecule has 4 heteroatoms. The molecule has 0 bridgehead atoms. The summed E-state index contributed by atoms with van der Waals surface area (Å²) in [7, 11) is 0. The van der Waals surface area contributed by atoms with Gasteiger partial charge in [0.25, 0.3) is 5.91 Å². The molecule has 0 unspecified atom stereocenters. The van der Waals surface area contributed by atoms with E-state index in [0.29, 0.717) is 5.82 Å². The van der Waals surface area contributed by atoms with E-state index in [1.54, 1.807) is 24.4 Å². The number of carbonyl (C=O) groups excluding carboxylic acids is 1. The van der Waals surface area contributed by atoms with Crippen molar-refractivity contribution < 1.29 is 9.18 Å². The fourth-order valence-electron chi connectivity index (χ4n) is 3.51. The first kappa shape index (κ1) is 19.7. The van der Waals surface area contributed by atoms with Gasteiger partial charge in [-0.25, -0.2) is 9.37 Å². The van der Waals surface area contributed by atoms with Crippen LogP contribution in [-0.4, -0.2) is 10.9 Å². The third-order valence-electron chi connectivity index (χ3n) is 4.87. The van der Waals surface area contributed by atoms with Crippen LogP contribution in [0.25, 0.3) is 11.1 Å². The van der Waals surface area contributed by atoms with Crippen LogP contribution < -0.4 is 5.32 Å². The second kappa shape index (κ2) is 8.79. The molecule has 3 nitrogen and oxygen atoms in total. The molecule has 1 heterocycles. The van der Waals surface area contributed by atoms with Gasteiger partial charge in [-0.2, -0.15) is 0 Å². The quantitative estimate of drug-likeness (QED) is 0.612. The number of amides is 1. The fraction of sp³-hybridized carbons (Fsp3) is 0.250. The first-order valence-electron chi connectivity index (χ1n) is 9.76. The van der Waals surface area contributed by atoms with Gasteiger partial charge in [-0.3, -0.25) is 4.79 Å². The summed E-state index contributed by atoms with van der Waals surface area (Å²) in [6, 6.07) is 14.1. The maximum absolute atomic E-state index is 13.7. The summed E-state index contributed by atoms with van der Waals surface area (Å²) in [6.07, 6.45) is 5.26. The molecule has 144 valence electrons. The molecule has 1 aromatic heterocycles. The average Bonchev–Trinajstić information content (AvgIpc) is 3.17. The molecule has 1 aliphatic rings. The van der Waals surface area contributed by atoms with Crippen molar-refractivity contribution in [1.29, 1.82) is 0 Å². The van der Waals surface area contributed by atoms with E-state index in [1.165, 1.54) is 40.8 Å². The van der Waals surface area contributed by atoms with Crippen molar-refractivity contribution in [3.8, 4) is 11.1 Å². The minimum atomic E-state index is -0.546. The Morgan fingerprint density at radius 1 is 1.04 bits per heavy atom. The highest BCUT2D eigenvalue weighted by Gasteiger charge is 2.15. The van der Waals surface area contributed by atoms with E-state index in [9.17, 15) is 9.18 Å². The minimum absolute atomic E-state index is 0.00726. The van der Waals surface area contributed by atoms with Crippen molar-refractivity contribution in [1.82, 2.24) is 4.98 Å². The molecule has 0 saturated carbocycles. The molecule has 0 spiro atoms. The van der Waals surface area contributed by atoms with E-state index in [0.717, 1.165) is 18.4 Å². The number of nitrogens with zero attached hydrogens (tertiary/aromatic N) is 1. The lowest BCUT2D eigenvalue weighted by Crippen LogP contribution is -2.14. The monoisotopic (exact) mass is 376 g/mol. The van der Waals surface area contributed by atoms with Crippen LogP contribution in [0.5, 0.6) is 0 Å². The van der Waals surface area contributed by atoms with Gasteiger partial charge in [-0.1, -0.05) is 38.1 Å². The Labute approximate surface area is 165 Å². The van der Waals surface area contributed by atoms with Crippen LogP contribution in [0.1, 0.15) is 47.3 Å². The third kappa shape index (κ3) is 4.11. The normalized spacial score (nSPS) is 12.0. The Hall–Kier alpha value is -3.01. The highest BCUT2D eigenvalue weighted by Crippen LogP contribution is 2.31. The lowest BCUT2D eigenvalue weighted by Gasteiger charge is -2.11. The van der Waals surface area contributed by atoms with Gasteiger partial charge in [0.05, 0.1) is 5.56 Å². The van der Waals surface area contributed by atoms with Crippen LogP contribution in [0.15, 0.2) is 54.7 Å². The summed E-state index contributed by atoms with van der Waals surface area (Å²) in [5.41, 5.74) is 6.30. The second-order valence-electron chi connectivity index (χ2n) is 6.66. The first-order chi connectivity index (χ1) is 13.6. The van der Waals surface area contributed by atoms with Crippen LogP contribution >= 0.6 is 0 Å². The lowest BCUT2D eigenvalue weighted by molar-refractivity contribution is 0.102. The van der Waals surface area contributed by atoms with Gasteiger partial charge in [0.1, 0.15) is 11.6 Å². The summed E-state index contributed by atoms with van der Waals surface area (Å²) >= 11 is 0. The molecular weight excluding hydrogens is 351 g/mol. The van der Waals surface area contributed by atoms with E-state index in [2.05, 4.69) is 29.4 Å². The Balaban J connectivity index is 0.00000109. The zero-order chi connectivity index (χ0) is 20.1. The summed E-state index contributed by atoms with van der Waals surface area (Å²) in [5.74, 6) is -0.645. The van der Waals surface area contributed by atoms with E-state index in [1.807, 2.05) is 19.9 Å². The second-order valence-corrected chi connectivity index (χ2v) is 6.66. The van der Waals surface area contributed by atoms with E-state index in [-0.39, 0.29) is 5.56 Å². The molecule has 4 rings (SSSR count). The molecule has 3 aromatic rings. The van der Waals surface area contributed by atoms with Gasteiger partial charge < -0.3 is 5.32 Å². The van der Waals surface area contributed by atoms with Crippen molar-refractivity contribution >= 4 is 11.7 Å². The molecule has 1 amide bonds. The smallest absolute Gasteiger partial charge is 0.259 e. The number of anilines is 1. The van der Waals surface area contributed by atoms with Gasteiger partial charge in [-0.15, -0.1) is 0 Å². The predicted molar refractivity (Wildman–Crippen MR) is 112 cm³/mol. The summed E-state index contributed by atoms with van der Waals surface area (Å²) in [5, 5.41) is 2.64. The molecule has 0 saturated heterocycles. The van der Waals surface area contributed by atoms with Crippen LogP contribution in [-0.2, 0) is 12.8 Å². The van der Waals surface area contributed by atoms with E-state index >= 15 is 0 Å². The van der Waals surface area contributed by atoms with Crippen LogP contribution in [0.3, 0.4) is 0 Å². The molecule has 0 atom stereocenters. The van der Waals surface area contributed by atoms with Crippen molar-refractivity contribution in [2.45, 2.75) is 40.0 Å². The number of halogens is 1. The van der Waals surface area contributed by atoms with Gasteiger partial charge in [0, 0.05) is 11.8 Å². The first-order valence-corrected chi connectivity index (χ1v) is 9.76. The van der Waals surface area contributed by atoms with Crippen molar-refractivity contribution in [2.75, 3.05) is 5.32 Å². The van der Waals surface area contributed by atoms with Gasteiger partial charge in [-0.05, 0) is 72.7 Å². The maximum atomic E-state index is 13.7. The predicted octanol–water partition coefficient (Wildman–Crippen LogP) is 5.96. The SMILES string of the molecule is CC.Cc1cc2c(cc1-c1ccc(NC(=O)c3ccccc3F)nc1)CCC2. The highest BCUT2D eigenvalue weighted by atomic mass is 19.1. The minimum Gasteiger partial charge on any atom is -0.306 e. The summed E-state index contributed by atoms with van der Waals surface area (Å²) < 4.78 is 13.7. The molecule has 0 fully saturated rings. The number of aromatic nitrogens is 1. The Morgan fingerprint density at radius 2 is 1.75 bits per heavy atom. The maximum Gasteiger partial charge on any atom is 0.259 e. The number of aryl methyl sites for hydroxylation is 3. The zero-order valence-electron chi connectivity index (χ0n) is 16.6. The number of pyridine rings is 1. The third-order valence-corrected chi connectivity index (χ3v) is 4.87. The number of nitrogens with one attached hydrogen (secondary N) is 1. The standard InChI is InChI=1S/C22H19FN2O.C2H6/c1-14-11-15-5-4-6-16(15)12-19(14)17-9-10-21(24-13-17)25-22(26)18-7-2-3-8-20(18)23;1-2/h2-3,7-13H,4-6H2,1H3,(H,24,25,26);1-2H3. The van der Waals surface area contributed by atoms with Crippen LogP contribution in [0.2, 0.25) is 0 Å². The van der Waals surface area contributed by atoms with Crippen LogP contribution in [0.4, 0.5) is 10.2 Å². The van der Waals surface area contributed by atoms with Gasteiger partial charge in [0.15, 0.2) is 0 Å². The summed E-state index contributed by atoms with van der Waals surface area (Å²) in [4.78, 5) is 16.5. The Kier molecular flexibility index (Phi) is 6.19. The number of fused-ring (bicyclic) bond motifs is 1. The molecular formula is C24H25FN2O. The zero-order valence-corrected chi connectivity index (χ0v) is 16.6. The van der Waals surface area contributed by atoms with Crippen LogP contribution in [0, 0.1) is 12.7 Å². The molecule has 1 N–H and O–H groups in total. The molecule has 0 aliphatic heterocycles. The molecule has 1 aliphatic carbocycles. The van der Waals surface area contributed by atoms with Gasteiger partial charge in [0.2, 0.25) is 0 Å². The Morgan fingerprint density at radius 3 is 2.43 bits per heavy atom. The number of rotatable bonds is 3. The van der Waals surface area contributed by atoms with E-state index in [4.69, 9.17) is 0 Å². The lowest BCUT2D eigenvalue weighted by atomic mass is 9.96. The number of carbonyl (C=O) groups is 1. The topological polar surface area (TPSA) is 42.0 Å². The molecule has 2 aromatic carbocycles. The molecule has 28 heavy (non-hydrogen) atoms. The Bertz CT molecular complexity index is 980. The van der Waals surface area contributed by atoms with Crippen molar-refractivity contribution in [3.05, 3.63) is 82.8 Å². The number of hydrogen-bond acceptors (Lipinski definition) is 2. The van der Waals surface area contributed by atoms with E-state index < -0.39 is 11.7 Å². The molecule has 0 radical (unpaired) electrons.